The first-order valence-corrected chi connectivity index (χ1v) is 6.51. The zero-order valence-electron chi connectivity index (χ0n) is 8.78. The van der Waals surface area contributed by atoms with Crippen molar-refractivity contribution in [3.05, 3.63) is 0 Å². The standard InChI is InChI=1S/C13H20O/c14-13(9-4-5-9)7-8-6-12(13)11-3-1-2-10(8)11/h8-12,14H,1-7H2. The van der Waals surface area contributed by atoms with Crippen molar-refractivity contribution in [1.82, 2.24) is 0 Å². The van der Waals surface area contributed by atoms with Gasteiger partial charge in [0.25, 0.3) is 0 Å². The van der Waals surface area contributed by atoms with Gasteiger partial charge in [-0.15, -0.1) is 0 Å². The third-order valence-corrected chi connectivity index (χ3v) is 5.82. The molecule has 1 heteroatoms. The van der Waals surface area contributed by atoms with Crippen molar-refractivity contribution in [2.75, 3.05) is 0 Å². The molecule has 0 amide bonds. The molecule has 5 unspecified atom stereocenters. The maximum Gasteiger partial charge on any atom is 0.0709 e. The summed E-state index contributed by atoms with van der Waals surface area (Å²) in [6.45, 7) is 0. The van der Waals surface area contributed by atoms with Crippen LogP contribution >= 0.6 is 0 Å². The second-order valence-electron chi connectivity index (χ2n) is 6.33. The third kappa shape index (κ3) is 0.816. The maximum atomic E-state index is 10.8. The summed E-state index contributed by atoms with van der Waals surface area (Å²) in [6.07, 6.45) is 9.54. The number of aliphatic hydroxyl groups is 1. The summed E-state index contributed by atoms with van der Waals surface area (Å²) in [5.41, 5.74) is -0.184. The Labute approximate surface area is 85.9 Å². The minimum absolute atomic E-state index is 0.184. The molecular formula is C13H20O. The molecule has 14 heavy (non-hydrogen) atoms. The first-order chi connectivity index (χ1) is 6.79. The SMILES string of the molecule is OC1(C2CC2)CC2CC1C1CCCC21. The molecule has 4 saturated carbocycles. The first kappa shape index (κ1) is 8.15. The van der Waals surface area contributed by atoms with Gasteiger partial charge in [0.05, 0.1) is 5.60 Å². The summed E-state index contributed by atoms with van der Waals surface area (Å²) in [5.74, 6) is 4.29. The molecule has 0 radical (unpaired) electrons. The van der Waals surface area contributed by atoms with Crippen LogP contribution in [0.5, 0.6) is 0 Å². The quantitative estimate of drug-likeness (QED) is 0.677. The number of hydrogen-bond donors (Lipinski definition) is 1. The Morgan fingerprint density at radius 3 is 2.57 bits per heavy atom. The maximum absolute atomic E-state index is 10.8. The van der Waals surface area contributed by atoms with E-state index in [-0.39, 0.29) is 5.60 Å². The van der Waals surface area contributed by atoms with Crippen molar-refractivity contribution in [3.8, 4) is 0 Å². The first-order valence-electron chi connectivity index (χ1n) is 6.51. The van der Waals surface area contributed by atoms with Crippen LogP contribution in [0.1, 0.15) is 44.9 Å². The molecule has 2 bridgehead atoms. The van der Waals surface area contributed by atoms with Gasteiger partial charge < -0.3 is 5.11 Å². The monoisotopic (exact) mass is 192 g/mol. The summed E-state index contributed by atoms with van der Waals surface area (Å²) in [5, 5.41) is 10.8. The van der Waals surface area contributed by atoms with Crippen LogP contribution in [0.15, 0.2) is 0 Å². The van der Waals surface area contributed by atoms with E-state index in [2.05, 4.69) is 0 Å². The summed E-state index contributed by atoms with van der Waals surface area (Å²) in [6, 6.07) is 0. The average molecular weight is 192 g/mol. The van der Waals surface area contributed by atoms with E-state index in [1.807, 2.05) is 0 Å². The zero-order chi connectivity index (χ0) is 9.34. The average Bonchev–Trinajstić information content (AvgIpc) is 2.70. The molecule has 4 aliphatic rings. The predicted molar refractivity (Wildman–Crippen MR) is 54.7 cm³/mol. The van der Waals surface area contributed by atoms with Crippen LogP contribution < -0.4 is 0 Å². The molecule has 0 aromatic heterocycles. The van der Waals surface area contributed by atoms with Crippen LogP contribution in [-0.4, -0.2) is 10.7 Å². The fourth-order valence-corrected chi connectivity index (χ4v) is 5.21. The lowest BCUT2D eigenvalue weighted by Crippen LogP contribution is -2.43. The molecule has 4 aliphatic carbocycles. The Morgan fingerprint density at radius 2 is 1.79 bits per heavy atom. The largest absolute Gasteiger partial charge is 0.389 e. The molecule has 0 aromatic carbocycles. The van der Waals surface area contributed by atoms with Crippen LogP contribution in [0.2, 0.25) is 0 Å². The fraction of sp³-hybridized carbons (Fsp3) is 1.00. The van der Waals surface area contributed by atoms with Crippen molar-refractivity contribution in [1.29, 1.82) is 0 Å². The topological polar surface area (TPSA) is 20.2 Å². The van der Waals surface area contributed by atoms with Crippen molar-refractivity contribution in [2.45, 2.75) is 50.5 Å². The van der Waals surface area contributed by atoms with Crippen LogP contribution in [0.25, 0.3) is 0 Å². The van der Waals surface area contributed by atoms with E-state index in [0.29, 0.717) is 11.8 Å². The molecule has 0 heterocycles. The summed E-state index contributed by atoms with van der Waals surface area (Å²) in [4.78, 5) is 0. The highest BCUT2D eigenvalue weighted by atomic mass is 16.3. The van der Waals surface area contributed by atoms with Crippen molar-refractivity contribution >= 4 is 0 Å². The highest BCUT2D eigenvalue weighted by molar-refractivity contribution is 5.14. The van der Waals surface area contributed by atoms with E-state index in [1.165, 1.54) is 44.9 Å². The van der Waals surface area contributed by atoms with Crippen LogP contribution in [-0.2, 0) is 0 Å². The Hall–Kier alpha value is -0.0400. The third-order valence-electron chi connectivity index (χ3n) is 5.82. The molecule has 4 fully saturated rings. The van der Waals surface area contributed by atoms with E-state index in [4.69, 9.17) is 0 Å². The predicted octanol–water partition coefficient (Wildman–Crippen LogP) is 2.58. The molecule has 0 saturated heterocycles. The number of fused-ring (bicyclic) bond motifs is 5. The number of rotatable bonds is 1. The van der Waals surface area contributed by atoms with E-state index >= 15 is 0 Å². The number of hydrogen-bond acceptors (Lipinski definition) is 1. The van der Waals surface area contributed by atoms with Gasteiger partial charge in [-0.25, -0.2) is 0 Å². The van der Waals surface area contributed by atoms with E-state index in [1.54, 1.807) is 0 Å². The van der Waals surface area contributed by atoms with Crippen molar-refractivity contribution in [3.63, 3.8) is 0 Å². The van der Waals surface area contributed by atoms with Crippen LogP contribution in [0, 0.1) is 29.6 Å². The lowest BCUT2D eigenvalue weighted by molar-refractivity contribution is -0.0634. The highest BCUT2D eigenvalue weighted by Crippen LogP contribution is 2.66. The summed E-state index contributed by atoms with van der Waals surface area (Å²) < 4.78 is 0. The second-order valence-corrected chi connectivity index (χ2v) is 6.33. The molecular weight excluding hydrogens is 172 g/mol. The minimum atomic E-state index is -0.184. The van der Waals surface area contributed by atoms with Gasteiger partial charge in [0.1, 0.15) is 0 Å². The van der Waals surface area contributed by atoms with Crippen LogP contribution in [0.4, 0.5) is 0 Å². The van der Waals surface area contributed by atoms with Gasteiger partial charge in [0, 0.05) is 0 Å². The molecule has 1 N–H and O–H groups in total. The molecule has 0 aliphatic heterocycles. The van der Waals surface area contributed by atoms with Crippen molar-refractivity contribution in [2.24, 2.45) is 29.6 Å². The normalized spacial score (nSPS) is 60.6. The summed E-state index contributed by atoms with van der Waals surface area (Å²) >= 11 is 0. The Balaban J connectivity index is 1.68. The van der Waals surface area contributed by atoms with Gasteiger partial charge >= 0.3 is 0 Å². The van der Waals surface area contributed by atoms with Gasteiger partial charge in [-0.1, -0.05) is 6.42 Å². The lowest BCUT2D eigenvalue weighted by Gasteiger charge is -2.39. The van der Waals surface area contributed by atoms with E-state index in [9.17, 15) is 5.11 Å². The molecule has 5 atom stereocenters. The van der Waals surface area contributed by atoms with Crippen molar-refractivity contribution < 1.29 is 5.11 Å². The smallest absolute Gasteiger partial charge is 0.0709 e. The van der Waals surface area contributed by atoms with Gasteiger partial charge in [-0.05, 0) is 68.1 Å². The highest BCUT2D eigenvalue weighted by Gasteiger charge is 2.64. The van der Waals surface area contributed by atoms with E-state index in [0.717, 1.165) is 17.8 Å². The molecule has 0 aromatic rings. The van der Waals surface area contributed by atoms with Crippen LogP contribution in [0.3, 0.4) is 0 Å². The van der Waals surface area contributed by atoms with Gasteiger partial charge in [-0.2, -0.15) is 0 Å². The molecule has 1 nitrogen and oxygen atoms in total. The van der Waals surface area contributed by atoms with Gasteiger partial charge in [0.15, 0.2) is 0 Å². The van der Waals surface area contributed by atoms with Gasteiger partial charge in [0.2, 0.25) is 0 Å². The van der Waals surface area contributed by atoms with Gasteiger partial charge in [-0.3, -0.25) is 0 Å². The molecule has 0 spiro atoms. The van der Waals surface area contributed by atoms with E-state index < -0.39 is 0 Å². The fourth-order valence-electron chi connectivity index (χ4n) is 5.21. The molecule has 4 rings (SSSR count). The lowest BCUT2D eigenvalue weighted by atomic mass is 9.71. The Bertz CT molecular complexity index is 270. The Morgan fingerprint density at radius 1 is 1.00 bits per heavy atom. The Kier molecular flexibility index (Phi) is 1.38. The minimum Gasteiger partial charge on any atom is -0.389 e. The second kappa shape index (κ2) is 2.37. The molecule has 78 valence electrons. The zero-order valence-corrected chi connectivity index (χ0v) is 8.78. The summed E-state index contributed by atoms with van der Waals surface area (Å²) in [7, 11) is 0.